The number of nitrogens with one attached hydrogen (secondary N) is 1. The first-order valence-electron chi connectivity index (χ1n) is 12.5. The molecule has 1 fully saturated rings. The number of aryl methyl sites for hydroxylation is 1. The van der Waals surface area contributed by atoms with E-state index in [2.05, 4.69) is 20.1 Å². The van der Waals surface area contributed by atoms with Crippen molar-refractivity contribution in [2.75, 3.05) is 37.7 Å². The van der Waals surface area contributed by atoms with E-state index in [0.29, 0.717) is 24.2 Å². The Bertz CT molecular complexity index is 1500. The number of hydrogen-bond donors (Lipinski definition) is 1. The van der Waals surface area contributed by atoms with Gasteiger partial charge >= 0.3 is 5.76 Å². The Morgan fingerprint density at radius 1 is 1.16 bits per heavy atom. The third-order valence-corrected chi connectivity index (χ3v) is 9.61. The van der Waals surface area contributed by atoms with E-state index in [-0.39, 0.29) is 28.4 Å². The van der Waals surface area contributed by atoms with Gasteiger partial charge in [0, 0.05) is 19.0 Å². The van der Waals surface area contributed by atoms with Crippen LogP contribution >= 0.6 is 11.6 Å². The first kappa shape index (κ1) is 26.8. The van der Waals surface area contributed by atoms with Gasteiger partial charge in [0.05, 0.1) is 6.67 Å². The van der Waals surface area contributed by atoms with Crippen molar-refractivity contribution in [2.24, 2.45) is 0 Å². The Kier molecular flexibility index (Phi) is 7.33. The fraction of sp³-hybridized carbons (Fsp3) is 0.480. The zero-order valence-electron chi connectivity index (χ0n) is 21.4. The minimum Gasteiger partial charge on any atom is -0.391 e. The molecule has 0 spiro atoms. The topological polar surface area (TPSA) is 116 Å². The van der Waals surface area contributed by atoms with Crippen LogP contribution < -0.4 is 10.7 Å². The molecule has 13 heteroatoms. The number of fused-ring (bicyclic) bond motifs is 1. The average molecular weight is 565 g/mol. The molecule has 2 aliphatic heterocycles. The maximum atomic E-state index is 15.2. The minimum absolute atomic E-state index is 0.0221. The van der Waals surface area contributed by atoms with Crippen molar-refractivity contribution in [3.8, 4) is 0 Å². The second-order valence-corrected chi connectivity index (χ2v) is 12.1. The molecule has 5 rings (SSSR count). The molecule has 2 atom stereocenters. The third kappa shape index (κ3) is 4.86. The molecule has 0 radical (unpaired) electrons. The van der Waals surface area contributed by atoms with E-state index in [4.69, 9.17) is 16.0 Å². The first-order chi connectivity index (χ1) is 18.1. The summed E-state index contributed by atoms with van der Waals surface area (Å²) in [5.41, 5.74) is 1.88. The van der Waals surface area contributed by atoms with Crippen LogP contribution in [0.1, 0.15) is 54.3 Å². The van der Waals surface area contributed by atoms with Gasteiger partial charge < -0.3 is 14.2 Å². The Labute approximate surface area is 225 Å². The van der Waals surface area contributed by atoms with E-state index < -0.39 is 33.6 Å². The number of aromatic amines is 1. The summed E-state index contributed by atoms with van der Waals surface area (Å²) >= 11 is 6.18. The number of benzene rings is 1. The van der Waals surface area contributed by atoms with Crippen LogP contribution in [-0.4, -0.2) is 65.7 Å². The number of likely N-dealkylation sites (tertiary alicyclic amines) is 1. The standard InChI is InChI=1S/C25H30ClFN6O4S/c1-15-6-7-18(27)21(16(15)2)17(3)22(24-29-30-25(34)37-24)33-14-32(13-12-31-10-4-5-11-31)23-19(38(33,35)36)8-9-20(26)28-23/h6-9,17,22H,4-5,10-14H2,1-3H3,(H,30,34)/t17-,22+/m1/s1. The highest BCUT2D eigenvalue weighted by Gasteiger charge is 2.46. The van der Waals surface area contributed by atoms with Gasteiger partial charge in [-0.3, -0.25) is 0 Å². The Balaban J connectivity index is 1.63. The van der Waals surface area contributed by atoms with Crippen molar-refractivity contribution in [1.82, 2.24) is 24.4 Å². The SMILES string of the molecule is Cc1ccc(F)c([C@@H](C)[C@@H](c2n[nH]c(=O)o2)N2CN(CCN3CCCC3)c3nc(Cl)ccc3S2(=O)=O)c1C. The van der Waals surface area contributed by atoms with E-state index >= 15 is 4.39 Å². The number of nitrogens with zero attached hydrogens (tertiary/aromatic N) is 5. The van der Waals surface area contributed by atoms with E-state index in [1.807, 2.05) is 11.8 Å². The number of H-pyrrole nitrogens is 1. The Hall–Kier alpha value is -2.80. The van der Waals surface area contributed by atoms with Crippen molar-refractivity contribution < 1.29 is 17.2 Å². The normalized spacial score (nSPS) is 19.4. The minimum atomic E-state index is -4.18. The summed E-state index contributed by atoms with van der Waals surface area (Å²) in [4.78, 5) is 20.5. The molecule has 0 saturated carbocycles. The maximum Gasteiger partial charge on any atom is 0.434 e. The lowest BCUT2D eigenvalue weighted by Crippen LogP contribution is -2.51. The molecule has 38 heavy (non-hydrogen) atoms. The number of halogens is 2. The molecule has 1 saturated heterocycles. The van der Waals surface area contributed by atoms with Crippen LogP contribution in [-0.2, 0) is 10.0 Å². The summed E-state index contributed by atoms with van der Waals surface area (Å²) in [6.07, 6.45) is 2.25. The highest BCUT2D eigenvalue weighted by atomic mass is 35.5. The van der Waals surface area contributed by atoms with Crippen molar-refractivity contribution in [1.29, 1.82) is 0 Å². The summed E-state index contributed by atoms with van der Waals surface area (Å²) in [7, 11) is -4.18. The number of rotatable bonds is 7. The van der Waals surface area contributed by atoms with Crippen molar-refractivity contribution >= 4 is 27.4 Å². The van der Waals surface area contributed by atoms with Crippen LogP contribution in [0, 0.1) is 19.7 Å². The van der Waals surface area contributed by atoms with Crippen LogP contribution in [0.2, 0.25) is 5.15 Å². The molecule has 4 heterocycles. The molecule has 0 amide bonds. The number of sulfonamides is 1. The summed E-state index contributed by atoms with van der Waals surface area (Å²) in [6.45, 7) is 8.43. The number of hydrogen-bond acceptors (Lipinski definition) is 8. The van der Waals surface area contributed by atoms with Gasteiger partial charge in [0.1, 0.15) is 21.9 Å². The molecule has 0 unspecified atom stereocenters. The van der Waals surface area contributed by atoms with E-state index in [1.54, 1.807) is 19.9 Å². The van der Waals surface area contributed by atoms with Gasteiger partial charge in [-0.1, -0.05) is 24.6 Å². The number of pyridine rings is 1. The maximum absolute atomic E-state index is 15.2. The van der Waals surface area contributed by atoms with Gasteiger partial charge in [-0.05, 0) is 74.7 Å². The molecule has 2 aliphatic rings. The van der Waals surface area contributed by atoms with Crippen LogP contribution in [0.15, 0.2) is 38.4 Å². The molecule has 0 bridgehead atoms. The van der Waals surface area contributed by atoms with E-state index in [1.165, 1.54) is 22.5 Å². The Morgan fingerprint density at radius 3 is 2.58 bits per heavy atom. The summed E-state index contributed by atoms with van der Waals surface area (Å²) in [5.74, 6) is -1.93. The molecule has 204 valence electrons. The largest absolute Gasteiger partial charge is 0.434 e. The molecular formula is C25H30ClFN6O4S. The van der Waals surface area contributed by atoms with E-state index in [0.717, 1.165) is 31.5 Å². The number of aromatic nitrogens is 3. The van der Waals surface area contributed by atoms with Gasteiger partial charge in [-0.25, -0.2) is 27.7 Å². The first-order valence-corrected chi connectivity index (χ1v) is 14.4. The summed E-state index contributed by atoms with van der Waals surface area (Å²) in [6, 6.07) is 4.77. The zero-order valence-corrected chi connectivity index (χ0v) is 23.0. The molecule has 1 aromatic carbocycles. The van der Waals surface area contributed by atoms with Gasteiger partial charge in [-0.15, -0.1) is 5.10 Å². The van der Waals surface area contributed by atoms with Gasteiger partial charge in [-0.2, -0.15) is 4.31 Å². The lowest BCUT2D eigenvalue weighted by atomic mass is 9.87. The predicted molar refractivity (Wildman–Crippen MR) is 140 cm³/mol. The summed E-state index contributed by atoms with van der Waals surface area (Å²) in [5, 5.41) is 6.40. The average Bonchev–Trinajstić information content (AvgIpc) is 3.54. The zero-order chi connectivity index (χ0) is 27.2. The molecule has 10 nitrogen and oxygen atoms in total. The fourth-order valence-corrected chi connectivity index (χ4v) is 7.34. The predicted octanol–water partition coefficient (Wildman–Crippen LogP) is 3.58. The quantitative estimate of drug-likeness (QED) is 0.433. The molecule has 2 aromatic heterocycles. The van der Waals surface area contributed by atoms with Crippen LogP contribution in [0.4, 0.5) is 10.2 Å². The lowest BCUT2D eigenvalue weighted by Gasteiger charge is -2.41. The second kappa shape index (κ2) is 10.4. The van der Waals surface area contributed by atoms with Gasteiger partial charge in [0.25, 0.3) is 0 Å². The monoisotopic (exact) mass is 564 g/mol. The second-order valence-electron chi connectivity index (χ2n) is 9.89. The van der Waals surface area contributed by atoms with Crippen molar-refractivity contribution in [3.05, 3.63) is 68.4 Å². The molecule has 0 aliphatic carbocycles. The van der Waals surface area contributed by atoms with Crippen LogP contribution in [0.25, 0.3) is 0 Å². The van der Waals surface area contributed by atoms with Crippen LogP contribution in [0.5, 0.6) is 0 Å². The van der Waals surface area contributed by atoms with E-state index in [9.17, 15) is 13.2 Å². The molecular weight excluding hydrogens is 535 g/mol. The van der Waals surface area contributed by atoms with Gasteiger partial charge in [0.15, 0.2) is 5.82 Å². The number of anilines is 1. The van der Waals surface area contributed by atoms with Crippen molar-refractivity contribution in [2.45, 2.75) is 50.5 Å². The van der Waals surface area contributed by atoms with Crippen molar-refractivity contribution in [3.63, 3.8) is 0 Å². The lowest BCUT2D eigenvalue weighted by molar-refractivity contribution is 0.231. The van der Waals surface area contributed by atoms with Gasteiger partial charge in [0.2, 0.25) is 15.9 Å². The Morgan fingerprint density at radius 2 is 1.89 bits per heavy atom. The molecule has 1 N–H and O–H groups in total. The van der Waals surface area contributed by atoms with Crippen LogP contribution in [0.3, 0.4) is 0 Å². The summed E-state index contributed by atoms with van der Waals surface area (Å²) < 4.78 is 49.9. The fourth-order valence-electron chi connectivity index (χ4n) is 5.44. The highest BCUT2D eigenvalue weighted by molar-refractivity contribution is 7.89. The smallest absolute Gasteiger partial charge is 0.391 e. The molecule has 3 aromatic rings. The highest BCUT2D eigenvalue weighted by Crippen LogP contribution is 2.44. The third-order valence-electron chi connectivity index (χ3n) is 7.57.